The molecule has 1 N–H and O–H groups in total. The number of carbonyl (C=O) groups excluding carboxylic acids is 1. The molecular formula is C19H7F11N2O2Zn. The fourth-order valence-electron chi connectivity index (χ4n) is 3.00. The van der Waals surface area contributed by atoms with Gasteiger partial charge in [-0.1, -0.05) is 0 Å². The van der Waals surface area contributed by atoms with Crippen molar-refractivity contribution in [2.24, 2.45) is 0 Å². The Morgan fingerprint density at radius 3 is 1.66 bits per heavy atom. The van der Waals surface area contributed by atoms with Crippen LogP contribution in [0, 0.1) is 36.0 Å². The molecule has 0 spiro atoms. The van der Waals surface area contributed by atoms with Gasteiger partial charge in [0, 0.05) is 31.1 Å². The summed E-state index contributed by atoms with van der Waals surface area (Å²) >= 11 is 0. The average molecular weight is 570 g/mol. The summed E-state index contributed by atoms with van der Waals surface area (Å²) in [4.78, 5) is 12.7. The van der Waals surface area contributed by atoms with Crippen LogP contribution < -0.4 is 0 Å². The number of hydrogen-bond acceptors (Lipinski definition) is 3. The Hall–Kier alpha value is -3.03. The van der Waals surface area contributed by atoms with Gasteiger partial charge in [0.2, 0.25) is 5.88 Å². The van der Waals surface area contributed by atoms with Crippen molar-refractivity contribution >= 4 is 5.78 Å². The second kappa shape index (κ2) is 9.21. The van der Waals surface area contributed by atoms with E-state index >= 15 is 0 Å². The molecule has 0 aliphatic rings. The molecule has 1 heterocycles. The van der Waals surface area contributed by atoms with Crippen molar-refractivity contribution in [1.82, 2.24) is 9.78 Å². The predicted molar refractivity (Wildman–Crippen MR) is 89.6 cm³/mol. The van der Waals surface area contributed by atoms with Crippen LogP contribution in [-0.4, -0.2) is 20.7 Å². The van der Waals surface area contributed by atoms with Crippen LogP contribution >= 0.6 is 0 Å². The number of halogens is 11. The molecule has 0 saturated heterocycles. The first-order chi connectivity index (χ1) is 15.5. The zero-order valence-electron chi connectivity index (χ0n) is 16.8. The van der Waals surface area contributed by atoms with Crippen molar-refractivity contribution in [3.05, 3.63) is 75.2 Å². The van der Waals surface area contributed by atoms with Gasteiger partial charge < -0.3 is 5.11 Å². The predicted octanol–water partition coefficient (Wildman–Crippen LogP) is 5.85. The fraction of sp³-hybridized carbons (Fsp3) is 0.158. The molecular weight excluding hydrogens is 563 g/mol. The number of rotatable bonds is 3. The Balaban J connectivity index is 0.00000432. The summed E-state index contributed by atoms with van der Waals surface area (Å²) in [6, 6.07) is -0.734. The third-order valence-electron chi connectivity index (χ3n) is 4.51. The first-order valence-corrected chi connectivity index (χ1v) is 8.61. The Labute approximate surface area is 199 Å². The van der Waals surface area contributed by atoms with E-state index in [1.54, 1.807) is 0 Å². The monoisotopic (exact) mass is 568 g/mol. The molecule has 184 valence electrons. The standard InChI is InChI=1S/C19H7F11N2O2.Zn/c1-5-11(17(34)32(31-5)15-13(23)9(20)4-10(21)14(15)24)16(33)6-2-7(18(25,26)27)12(22)8(3-6)19(28,29)30;/h2-4,34H,1H3;. The van der Waals surface area contributed by atoms with E-state index in [0.29, 0.717) is 0 Å². The van der Waals surface area contributed by atoms with E-state index in [4.69, 9.17) is 0 Å². The van der Waals surface area contributed by atoms with Gasteiger partial charge in [0.05, 0.1) is 16.8 Å². The van der Waals surface area contributed by atoms with Crippen molar-refractivity contribution < 1.29 is 77.7 Å². The summed E-state index contributed by atoms with van der Waals surface area (Å²) in [5, 5.41) is 13.5. The van der Waals surface area contributed by atoms with Gasteiger partial charge in [-0.05, 0) is 19.1 Å². The molecule has 1 aromatic heterocycles. The molecule has 0 bridgehead atoms. The number of aryl methyl sites for hydroxylation is 1. The van der Waals surface area contributed by atoms with Crippen LogP contribution in [0.5, 0.6) is 5.88 Å². The molecule has 16 heteroatoms. The summed E-state index contributed by atoms with van der Waals surface area (Å²) in [7, 11) is 0. The third kappa shape index (κ3) is 4.88. The zero-order chi connectivity index (χ0) is 25.9. The normalized spacial score (nSPS) is 12.0. The molecule has 0 fully saturated rings. The molecule has 0 saturated carbocycles. The van der Waals surface area contributed by atoms with Crippen molar-refractivity contribution in [3.8, 4) is 11.6 Å². The van der Waals surface area contributed by atoms with Gasteiger partial charge in [0.1, 0.15) is 17.1 Å². The minimum Gasteiger partial charge on any atom is -0.493 e. The van der Waals surface area contributed by atoms with Gasteiger partial charge in [-0.15, -0.1) is 0 Å². The molecule has 0 unspecified atom stereocenters. The number of nitrogens with zero attached hydrogens (tertiary/aromatic N) is 2. The summed E-state index contributed by atoms with van der Waals surface area (Å²) in [6.07, 6.45) is -11.3. The first kappa shape index (κ1) is 28.2. The van der Waals surface area contributed by atoms with E-state index in [1.165, 1.54) is 0 Å². The minimum atomic E-state index is -5.67. The summed E-state index contributed by atoms with van der Waals surface area (Å²) in [5.41, 5.74) is -9.89. The molecule has 0 aliphatic heterocycles. The second-order valence-corrected chi connectivity index (χ2v) is 6.72. The van der Waals surface area contributed by atoms with Gasteiger partial charge in [-0.3, -0.25) is 4.79 Å². The average Bonchev–Trinajstić information content (AvgIpc) is 2.98. The number of hydrogen-bond donors (Lipinski definition) is 1. The molecule has 0 amide bonds. The van der Waals surface area contributed by atoms with Gasteiger partial charge >= 0.3 is 12.4 Å². The maximum absolute atomic E-state index is 14.1. The molecule has 2 aromatic carbocycles. The van der Waals surface area contributed by atoms with E-state index in [9.17, 15) is 58.2 Å². The largest absolute Gasteiger partial charge is 0.493 e. The van der Waals surface area contributed by atoms with E-state index in [1.807, 2.05) is 0 Å². The number of alkyl halides is 6. The number of carbonyl (C=O) groups is 1. The number of aromatic hydroxyl groups is 1. The van der Waals surface area contributed by atoms with E-state index < -0.39 is 86.7 Å². The molecule has 0 aliphatic carbocycles. The zero-order valence-corrected chi connectivity index (χ0v) is 19.8. The molecule has 3 aromatic rings. The quantitative estimate of drug-likeness (QED) is 0.186. The van der Waals surface area contributed by atoms with Gasteiger partial charge in [0.25, 0.3) is 0 Å². The smallest absolute Gasteiger partial charge is 0.419 e. The van der Waals surface area contributed by atoms with Crippen LogP contribution in [0.1, 0.15) is 32.7 Å². The molecule has 3 rings (SSSR count). The number of ketones is 1. The maximum Gasteiger partial charge on any atom is 0.419 e. The van der Waals surface area contributed by atoms with Crippen molar-refractivity contribution in [1.29, 1.82) is 0 Å². The summed E-state index contributed by atoms with van der Waals surface area (Å²) in [6.45, 7) is 0.841. The fourth-order valence-corrected chi connectivity index (χ4v) is 3.00. The summed E-state index contributed by atoms with van der Waals surface area (Å²) in [5.74, 6) is -14.2. The molecule has 35 heavy (non-hydrogen) atoms. The van der Waals surface area contributed by atoms with Gasteiger partial charge in [0.15, 0.2) is 29.1 Å². The maximum atomic E-state index is 14.1. The first-order valence-electron chi connectivity index (χ1n) is 8.61. The minimum absolute atomic E-state index is 0. The summed E-state index contributed by atoms with van der Waals surface area (Å²) < 4.78 is 147. The molecule has 0 radical (unpaired) electrons. The van der Waals surface area contributed by atoms with E-state index in [2.05, 4.69) is 5.10 Å². The van der Waals surface area contributed by atoms with Crippen LogP contribution in [0.15, 0.2) is 18.2 Å². The van der Waals surface area contributed by atoms with E-state index in [-0.39, 0.29) is 42.4 Å². The van der Waals surface area contributed by atoms with Crippen molar-refractivity contribution in [2.45, 2.75) is 19.3 Å². The van der Waals surface area contributed by atoms with Gasteiger partial charge in [-0.2, -0.15) is 36.1 Å². The third-order valence-corrected chi connectivity index (χ3v) is 4.51. The Morgan fingerprint density at radius 2 is 1.26 bits per heavy atom. The van der Waals surface area contributed by atoms with Gasteiger partial charge in [-0.25, -0.2) is 22.0 Å². The van der Waals surface area contributed by atoms with Crippen LogP contribution in [-0.2, 0) is 31.8 Å². The van der Waals surface area contributed by atoms with E-state index in [0.717, 1.165) is 6.92 Å². The van der Waals surface area contributed by atoms with Crippen molar-refractivity contribution in [2.75, 3.05) is 0 Å². The number of benzene rings is 2. The van der Waals surface area contributed by atoms with Crippen LogP contribution in [0.4, 0.5) is 48.3 Å². The van der Waals surface area contributed by atoms with Crippen LogP contribution in [0.25, 0.3) is 5.69 Å². The molecule has 0 atom stereocenters. The number of aromatic nitrogens is 2. The van der Waals surface area contributed by atoms with Crippen LogP contribution in [0.2, 0.25) is 0 Å². The topological polar surface area (TPSA) is 55.1 Å². The van der Waals surface area contributed by atoms with Crippen LogP contribution in [0.3, 0.4) is 0 Å². The SMILES string of the molecule is Cc1nn(-c2c(F)c(F)cc(F)c2F)c(O)c1C(=O)c1cc(C(F)(F)F)c(F)c(C(F)(F)F)c1.[Zn]. The Kier molecular flexibility index (Phi) is 7.42. The Bertz CT molecular complexity index is 1270. The Morgan fingerprint density at radius 1 is 0.829 bits per heavy atom. The van der Waals surface area contributed by atoms with Crippen molar-refractivity contribution in [3.63, 3.8) is 0 Å². The second-order valence-electron chi connectivity index (χ2n) is 6.72. The molecule has 4 nitrogen and oxygen atoms in total.